The van der Waals surface area contributed by atoms with Gasteiger partial charge in [0.15, 0.2) is 5.76 Å². The van der Waals surface area contributed by atoms with Gasteiger partial charge in [-0.25, -0.2) is 0 Å². The van der Waals surface area contributed by atoms with E-state index in [0.29, 0.717) is 12.8 Å². The lowest BCUT2D eigenvalue weighted by Gasteiger charge is -2.12. The molecule has 3 aromatic carbocycles. The number of nitrogens with zero attached hydrogens (tertiary/aromatic N) is 1. The number of aliphatic carboxylic acids is 1. The van der Waals surface area contributed by atoms with Crippen LogP contribution in [0.4, 0.5) is 0 Å². The summed E-state index contributed by atoms with van der Waals surface area (Å²) < 4.78 is 5.70. The Morgan fingerprint density at radius 3 is 2.39 bits per heavy atom. The summed E-state index contributed by atoms with van der Waals surface area (Å²) in [6, 6.07) is 26.1. The number of carboxylic acids is 1. The molecule has 1 atom stereocenters. The van der Waals surface area contributed by atoms with E-state index >= 15 is 0 Å². The van der Waals surface area contributed by atoms with Crippen molar-refractivity contribution in [3.8, 4) is 22.5 Å². The molecule has 0 saturated heterocycles. The van der Waals surface area contributed by atoms with E-state index in [0.717, 1.165) is 70.5 Å². The molecule has 5 rings (SSSR count). The second-order valence-corrected chi connectivity index (χ2v) is 9.93. The molecule has 1 fully saturated rings. The number of hydrogen-bond acceptors (Lipinski definition) is 4. The summed E-state index contributed by atoms with van der Waals surface area (Å²) in [5.41, 5.74) is 6.50. The highest BCUT2D eigenvalue weighted by molar-refractivity contribution is 5.78. The lowest BCUT2D eigenvalue weighted by atomic mass is 9.93. The Balaban J connectivity index is 1.27. The Labute approximate surface area is 211 Å². The molecule has 0 bridgehead atoms. The van der Waals surface area contributed by atoms with E-state index in [-0.39, 0.29) is 0 Å². The van der Waals surface area contributed by atoms with Crippen molar-refractivity contribution in [3.63, 3.8) is 0 Å². The third-order valence-corrected chi connectivity index (χ3v) is 7.33. The minimum Gasteiger partial charge on any atom is -0.481 e. The van der Waals surface area contributed by atoms with Gasteiger partial charge in [0.1, 0.15) is 0 Å². The van der Waals surface area contributed by atoms with Gasteiger partial charge in [0.05, 0.1) is 17.2 Å². The third-order valence-electron chi connectivity index (χ3n) is 7.33. The quantitative estimate of drug-likeness (QED) is 0.261. The highest BCUT2D eigenvalue weighted by Gasteiger charge is 2.49. The fraction of sp³-hybridized carbons (Fsp3) is 0.290. The minimum absolute atomic E-state index is 0.477. The van der Waals surface area contributed by atoms with Crippen LogP contribution in [0, 0.1) is 12.3 Å². The molecule has 2 N–H and O–H groups in total. The van der Waals surface area contributed by atoms with E-state index in [2.05, 4.69) is 29.4 Å². The maximum absolute atomic E-state index is 11.6. The number of aromatic nitrogens is 1. The van der Waals surface area contributed by atoms with Gasteiger partial charge >= 0.3 is 5.97 Å². The van der Waals surface area contributed by atoms with Crippen LogP contribution in [0.25, 0.3) is 22.5 Å². The number of benzene rings is 3. The molecule has 1 aliphatic rings. The molecule has 0 spiro atoms. The Bertz CT molecular complexity index is 1340. The monoisotopic (exact) mass is 481 g/mol. The largest absolute Gasteiger partial charge is 0.481 e. The fourth-order valence-corrected chi connectivity index (χ4v) is 4.91. The molecule has 4 aromatic rings. The van der Waals surface area contributed by atoms with Crippen molar-refractivity contribution in [2.75, 3.05) is 0 Å². The van der Waals surface area contributed by atoms with Crippen LogP contribution >= 0.6 is 0 Å². The van der Waals surface area contributed by atoms with Crippen LogP contribution in [0.2, 0.25) is 0 Å². The number of aryl methyl sites for hydroxylation is 1. The number of aliphatic hydroxyl groups excluding tert-OH is 1. The molecule has 184 valence electrons. The Hall–Kier alpha value is -3.70. The zero-order valence-corrected chi connectivity index (χ0v) is 20.5. The average molecular weight is 482 g/mol. The normalized spacial score (nSPS) is 14.9. The maximum Gasteiger partial charge on any atom is 0.309 e. The first-order valence-corrected chi connectivity index (χ1v) is 12.6. The van der Waals surface area contributed by atoms with Crippen molar-refractivity contribution in [1.29, 1.82) is 0 Å². The van der Waals surface area contributed by atoms with Crippen LogP contribution < -0.4 is 0 Å². The second kappa shape index (κ2) is 10.1. The van der Waals surface area contributed by atoms with E-state index in [4.69, 9.17) is 4.52 Å². The molecular formula is C31H31NO4. The van der Waals surface area contributed by atoms with Crippen LogP contribution in [0.1, 0.15) is 54.2 Å². The molecule has 36 heavy (non-hydrogen) atoms. The van der Waals surface area contributed by atoms with Gasteiger partial charge in [0.2, 0.25) is 0 Å². The van der Waals surface area contributed by atoms with Crippen LogP contribution in [-0.2, 0) is 17.6 Å². The zero-order valence-electron chi connectivity index (χ0n) is 20.5. The molecular weight excluding hydrogens is 450 g/mol. The Morgan fingerprint density at radius 1 is 0.972 bits per heavy atom. The zero-order chi connectivity index (χ0) is 25.1. The predicted molar refractivity (Wildman–Crippen MR) is 139 cm³/mol. The summed E-state index contributed by atoms with van der Waals surface area (Å²) in [5, 5.41) is 24.2. The van der Waals surface area contributed by atoms with Gasteiger partial charge in [0.25, 0.3) is 0 Å². The molecule has 1 aliphatic carbocycles. The summed E-state index contributed by atoms with van der Waals surface area (Å²) in [6.07, 6.45) is 3.89. The summed E-state index contributed by atoms with van der Waals surface area (Å²) in [5.74, 6) is 0.0871. The molecule has 1 aromatic heterocycles. The van der Waals surface area contributed by atoms with Crippen molar-refractivity contribution in [2.24, 2.45) is 5.41 Å². The van der Waals surface area contributed by atoms with Crippen molar-refractivity contribution in [3.05, 3.63) is 101 Å². The average Bonchev–Trinajstić information content (AvgIpc) is 3.60. The molecule has 1 unspecified atom stereocenters. The van der Waals surface area contributed by atoms with E-state index in [1.54, 1.807) is 0 Å². The van der Waals surface area contributed by atoms with Gasteiger partial charge in [-0.2, -0.15) is 0 Å². The Kier molecular flexibility index (Phi) is 6.75. The topological polar surface area (TPSA) is 83.6 Å². The van der Waals surface area contributed by atoms with E-state index < -0.39 is 17.5 Å². The summed E-state index contributed by atoms with van der Waals surface area (Å²) in [7, 11) is 0. The molecule has 1 saturated carbocycles. The molecule has 5 heteroatoms. The summed E-state index contributed by atoms with van der Waals surface area (Å²) in [6.45, 7) is 1.96. The van der Waals surface area contributed by atoms with Crippen molar-refractivity contribution in [1.82, 2.24) is 5.16 Å². The number of carboxylic acid groups (broad SMARTS) is 1. The van der Waals surface area contributed by atoms with Gasteiger partial charge in [-0.1, -0.05) is 84.0 Å². The number of hydrogen-bond donors (Lipinski definition) is 2. The molecule has 1 heterocycles. The van der Waals surface area contributed by atoms with Crippen LogP contribution in [0.15, 0.2) is 83.4 Å². The number of aliphatic hydroxyl groups is 1. The van der Waals surface area contributed by atoms with Gasteiger partial charge < -0.3 is 14.7 Å². The molecule has 5 nitrogen and oxygen atoms in total. The first-order valence-electron chi connectivity index (χ1n) is 12.6. The minimum atomic E-state index is -0.690. The molecule has 0 radical (unpaired) electrons. The van der Waals surface area contributed by atoms with Crippen LogP contribution in [-0.4, -0.2) is 21.3 Å². The van der Waals surface area contributed by atoms with Crippen molar-refractivity contribution in [2.45, 2.75) is 51.6 Å². The SMILES string of the molecule is Cc1noc(-c2ccc(-c3cccc(CC4(C(=O)O)CC4)c3)cc2)c1CCCC(O)c1ccccc1. The number of carbonyl (C=O) groups is 1. The lowest BCUT2D eigenvalue weighted by molar-refractivity contribution is -0.143. The Morgan fingerprint density at radius 2 is 1.69 bits per heavy atom. The maximum atomic E-state index is 11.6. The first-order chi connectivity index (χ1) is 17.4. The predicted octanol–water partition coefficient (Wildman–Crippen LogP) is 6.78. The molecule has 0 aliphatic heterocycles. The summed E-state index contributed by atoms with van der Waals surface area (Å²) in [4.78, 5) is 11.6. The highest BCUT2D eigenvalue weighted by atomic mass is 16.5. The first kappa shape index (κ1) is 24.0. The summed E-state index contributed by atoms with van der Waals surface area (Å²) >= 11 is 0. The number of rotatable bonds is 10. The smallest absolute Gasteiger partial charge is 0.309 e. The highest BCUT2D eigenvalue weighted by Crippen LogP contribution is 2.48. The van der Waals surface area contributed by atoms with Crippen molar-refractivity contribution < 1.29 is 19.5 Å². The second-order valence-electron chi connectivity index (χ2n) is 9.93. The third kappa shape index (κ3) is 5.12. The standard InChI is InChI=1S/C31H31NO4/c1-21-27(11-6-12-28(33)24-8-3-2-4-9-24)29(36-32-21)25-15-13-23(14-16-25)26-10-5-7-22(19-26)20-31(17-18-31)30(34)35/h2-5,7-10,13-16,19,28,33H,6,11-12,17-18,20H2,1H3,(H,34,35). The van der Waals surface area contributed by atoms with Gasteiger partial charge in [-0.15, -0.1) is 0 Å². The van der Waals surface area contributed by atoms with Gasteiger partial charge in [-0.3, -0.25) is 4.79 Å². The van der Waals surface area contributed by atoms with Crippen molar-refractivity contribution >= 4 is 5.97 Å². The van der Waals surface area contributed by atoms with E-state index in [1.165, 1.54) is 0 Å². The van der Waals surface area contributed by atoms with E-state index in [9.17, 15) is 15.0 Å². The lowest BCUT2D eigenvalue weighted by Crippen LogP contribution is -2.17. The van der Waals surface area contributed by atoms with Gasteiger partial charge in [-0.05, 0) is 67.7 Å². The van der Waals surface area contributed by atoms with Crippen LogP contribution in [0.5, 0.6) is 0 Å². The van der Waals surface area contributed by atoms with E-state index in [1.807, 2.05) is 61.5 Å². The molecule has 0 amide bonds. The van der Waals surface area contributed by atoms with Gasteiger partial charge in [0, 0.05) is 11.1 Å². The van der Waals surface area contributed by atoms with Crippen LogP contribution in [0.3, 0.4) is 0 Å². The fourth-order valence-electron chi connectivity index (χ4n) is 4.91.